The molecule has 0 aliphatic carbocycles. The van der Waals surface area contributed by atoms with E-state index in [4.69, 9.17) is 30.8 Å². The monoisotopic (exact) mass is 264 g/mol. The predicted octanol–water partition coefficient (Wildman–Crippen LogP) is -0.861. The van der Waals surface area contributed by atoms with Crippen molar-refractivity contribution in [1.82, 2.24) is 0 Å². The molecule has 0 bridgehead atoms. The van der Waals surface area contributed by atoms with E-state index in [1.807, 2.05) is 12.1 Å². The molecule has 0 spiro atoms. The van der Waals surface area contributed by atoms with Gasteiger partial charge in [-0.25, -0.2) is 0 Å². The van der Waals surface area contributed by atoms with Crippen LogP contribution in [0.3, 0.4) is 0 Å². The molecule has 0 radical (unpaired) electrons. The van der Waals surface area contributed by atoms with Crippen LogP contribution in [0.2, 0.25) is 0 Å². The fraction of sp³-hybridized carbons (Fsp3) is 0.273. The van der Waals surface area contributed by atoms with Crippen molar-refractivity contribution in [1.29, 1.82) is 10.5 Å². The minimum atomic E-state index is -1.96. The molecule has 19 heavy (non-hydrogen) atoms. The van der Waals surface area contributed by atoms with Gasteiger partial charge in [0.15, 0.2) is 0 Å². The van der Waals surface area contributed by atoms with Crippen LogP contribution in [-0.4, -0.2) is 40.8 Å². The fourth-order valence-corrected chi connectivity index (χ4v) is 0.989. The summed E-state index contributed by atoms with van der Waals surface area (Å²) in [4.78, 5) is 0. The first-order chi connectivity index (χ1) is 9.07. The van der Waals surface area contributed by atoms with Crippen LogP contribution in [0.1, 0.15) is 17.5 Å². The first-order valence-corrected chi connectivity index (χ1v) is 5.27. The molecular formula is C11H13BN2O5. The normalized spacial score (nSPS) is 8.53. The maximum absolute atomic E-state index is 8.58. The van der Waals surface area contributed by atoms with Crippen molar-refractivity contribution in [2.24, 2.45) is 0 Å². The van der Waals surface area contributed by atoms with Crippen molar-refractivity contribution in [3.05, 3.63) is 29.3 Å². The van der Waals surface area contributed by atoms with E-state index < -0.39 is 7.32 Å². The van der Waals surface area contributed by atoms with Crippen LogP contribution in [0.25, 0.3) is 0 Å². The van der Waals surface area contributed by atoms with E-state index in [-0.39, 0.29) is 30.1 Å². The number of nitriles is 2. The first-order valence-electron chi connectivity index (χ1n) is 5.27. The highest BCUT2D eigenvalue weighted by molar-refractivity contribution is 6.33. The van der Waals surface area contributed by atoms with Crippen LogP contribution in [0.15, 0.2) is 18.2 Å². The molecule has 1 aromatic carbocycles. The van der Waals surface area contributed by atoms with E-state index in [0.717, 1.165) is 0 Å². The fourth-order valence-electron chi connectivity index (χ4n) is 0.989. The van der Waals surface area contributed by atoms with E-state index in [9.17, 15) is 0 Å². The Labute approximate surface area is 110 Å². The summed E-state index contributed by atoms with van der Waals surface area (Å²) in [5.74, 6) is 0.0654. The zero-order chi connectivity index (χ0) is 14.7. The molecule has 0 heterocycles. The van der Waals surface area contributed by atoms with Gasteiger partial charge in [-0.15, -0.1) is 0 Å². The van der Waals surface area contributed by atoms with Crippen molar-refractivity contribution < 1.29 is 24.9 Å². The molecule has 1 rings (SSSR count). The van der Waals surface area contributed by atoms with E-state index in [2.05, 4.69) is 4.65 Å². The number of nitrogens with zero attached hydrogens (tertiary/aromatic N) is 2. The number of aliphatic hydroxyl groups is 2. The highest BCUT2D eigenvalue weighted by Gasteiger charge is 2.12. The lowest BCUT2D eigenvalue weighted by Crippen LogP contribution is -2.20. The van der Waals surface area contributed by atoms with Gasteiger partial charge >= 0.3 is 7.32 Å². The van der Waals surface area contributed by atoms with Crippen LogP contribution in [0, 0.1) is 22.7 Å². The molecule has 0 fully saturated rings. The Morgan fingerprint density at radius 1 is 1.00 bits per heavy atom. The van der Waals surface area contributed by atoms with E-state index >= 15 is 0 Å². The molecule has 0 unspecified atom stereocenters. The van der Waals surface area contributed by atoms with Crippen LogP contribution in [-0.2, 0) is 0 Å². The second-order valence-electron chi connectivity index (χ2n) is 3.21. The quantitative estimate of drug-likeness (QED) is 0.519. The predicted molar refractivity (Wildman–Crippen MR) is 65.5 cm³/mol. The van der Waals surface area contributed by atoms with Crippen molar-refractivity contribution >= 4 is 7.32 Å². The molecule has 7 nitrogen and oxygen atoms in total. The van der Waals surface area contributed by atoms with E-state index in [1.54, 1.807) is 0 Å². The lowest BCUT2D eigenvalue weighted by atomic mass is 10.1. The smallest absolute Gasteiger partial charge is 0.512 e. The Morgan fingerprint density at radius 2 is 1.47 bits per heavy atom. The van der Waals surface area contributed by atoms with E-state index in [0.29, 0.717) is 6.42 Å². The minimum absolute atomic E-state index is 0.0654. The van der Waals surface area contributed by atoms with Gasteiger partial charge in [-0.1, -0.05) is 0 Å². The molecule has 0 atom stereocenters. The standard InChI is InChI=1S/C8H5BN2O3.C3H8O2/c10-4-6-1-7(5-11)3-8(2-6)14-9(12)13;4-2-1-3-5/h1-3,12-13H;4-5H,1-3H2. The summed E-state index contributed by atoms with van der Waals surface area (Å²) in [5.41, 5.74) is 0.444. The number of hydrogen-bond acceptors (Lipinski definition) is 7. The summed E-state index contributed by atoms with van der Waals surface area (Å²) in [6.45, 7) is 0.188. The minimum Gasteiger partial charge on any atom is -0.512 e. The summed E-state index contributed by atoms with van der Waals surface area (Å²) in [6.07, 6.45) is 0.500. The zero-order valence-electron chi connectivity index (χ0n) is 10.0. The van der Waals surface area contributed by atoms with Gasteiger partial charge in [0, 0.05) is 13.2 Å². The largest absolute Gasteiger partial charge is 0.707 e. The van der Waals surface area contributed by atoms with Crippen LogP contribution in [0.5, 0.6) is 5.75 Å². The topological polar surface area (TPSA) is 138 Å². The van der Waals surface area contributed by atoms with Crippen molar-refractivity contribution in [3.63, 3.8) is 0 Å². The van der Waals surface area contributed by atoms with Gasteiger partial charge in [0.2, 0.25) is 0 Å². The van der Waals surface area contributed by atoms with E-state index in [1.165, 1.54) is 18.2 Å². The SMILES string of the molecule is N#Cc1cc(C#N)cc(OB(O)O)c1.OCCCO. The Hall–Kier alpha value is -2.10. The summed E-state index contributed by atoms with van der Waals surface area (Å²) in [6, 6.07) is 7.63. The van der Waals surface area contributed by atoms with Crippen molar-refractivity contribution in [2.45, 2.75) is 6.42 Å². The molecule has 0 saturated carbocycles. The lowest BCUT2D eigenvalue weighted by molar-refractivity contribution is 0.221. The first kappa shape index (κ1) is 16.9. The third-order valence-corrected chi connectivity index (χ3v) is 1.72. The second kappa shape index (κ2) is 9.89. The molecule has 0 amide bonds. The average molecular weight is 264 g/mol. The summed E-state index contributed by atoms with van der Waals surface area (Å²) in [5, 5.41) is 50.0. The van der Waals surface area contributed by atoms with Gasteiger partial charge in [-0.3, -0.25) is 0 Å². The molecule has 0 aromatic heterocycles. The third kappa shape index (κ3) is 7.76. The van der Waals surface area contributed by atoms with Gasteiger partial charge in [0.05, 0.1) is 23.3 Å². The Kier molecular flexibility index (Phi) is 8.80. The third-order valence-electron chi connectivity index (χ3n) is 1.72. The van der Waals surface area contributed by atoms with Gasteiger partial charge in [0.25, 0.3) is 0 Å². The van der Waals surface area contributed by atoms with Gasteiger partial charge in [-0.2, -0.15) is 10.5 Å². The molecule has 1 aromatic rings. The Morgan fingerprint density at radius 3 is 1.74 bits per heavy atom. The Balaban J connectivity index is 0.000000555. The van der Waals surface area contributed by atoms with Crippen LogP contribution >= 0.6 is 0 Å². The Bertz CT molecular complexity index is 433. The molecule has 4 N–H and O–H groups in total. The molecule has 8 heteroatoms. The van der Waals surface area contributed by atoms with Crippen molar-refractivity contribution in [3.8, 4) is 17.9 Å². The van der Waals surface area contributed by atoms with Crippen molar-refractivity contribution in [2.75, 3.05) is 13.2 Å². The highest BCUT2D eigenvalue weighted by Crippen LogP contribution is 2.16. The highest BCUT2D eigenvalue weighted by atomic mass is 16.6. The molecule has 0 saturated heterocycles. The van der Waals surface area contributed by atoms with Crippen LogP contribution in [0.4, 0.5) is 0 Å². The maximum Gasteiger partial charge on any atom is 0.707 e. The summed E-state index contributed by atoms with van der Waals surface area (Å²) < 4.78 is 4.51. The van der Waals surface area contributed by atoms with Gasteiger partial charge in [0.1, 0.15) is 5.75 Å². The molecule has 0 aliphatic heterocycles. The molecular weight excluding hydrogens is 251 g/mol. The number of aliphatic hydroxyl groups excluding tert-OH is 2. The number of benzene rings is 1. The summed E-state index contributed by atoms with van der Waals surface area (Å²) >= 11 is 0. The second-order valence-corrected chi connectivity index (χ2v) is 3.21. The molecule has 100 valence electrons. The molecule has 0 aliphatic rings. The maximum atomic E-state index is 8.58. The van der Waals surface area contributed by atoms with Gasteiger partial charge < -0.3 is 24.9 Å². The average Bonchev–Trinajstić information content (AvgIpc) is 2.39. The number of rotatable bonds is 4. The lowest BCUT2D eigenvalue weighted by Gasteiger charge is -2.04. The van der Waals surface area contributed by atoms with Gasteiger partial charge in [-0.05, 0) is 24.6 Å². The zero-order valence-corrected chi connectivity index (χ0v) is 10.0. The summed E-state index contributed by atoms with van der Waals surface area (Å²) in [7, 11) is -1.96. The van der Waals surface area contributed by atoms with Crippen LogP contribution < -0.4 is 4.65 Å². The number of hydrogen-bond donors (Lipinski definition) is 4.